The van der Waals surface area contributed by atoms with E-state index in [1.165, 1.54) is 23.1 Å². The van der Waals surface area contributed by atoms with E-state index < -0.39 is 36.3 Å². The van der Waals surface area contributed by atoms with Gasteiger partial charge in [0.15, 0.2) is 11.5 Å². The second-order valence-corrected chi connectivity index (χ2v) is 16.5. The third-order valence-electron chi connectivity index (χ3n) is 12.5. The standard InChI is InChI=1S/C46H55F3N6O6/c1-27(30-11-10-12-31(21-30)46(48,49)26-56)50-43-36-24-39(60-3)42(61-4)33(41(36)51-28(2)52-43)13-8-6-5-7-9-18-54-19-16-29(17-20-54)34-22-32(47)23-35-37(34)25-55(45(35)59)38-14-15-40(57)53-44(38)58/h10-12,21-24,27,29,38,56H,5-9,13-20,25-26H2,1-4H3,(H,50,51,52)(H,53,57,58). The normalized spacial score (nSPS) is 18.1. The molecule has 12 nitrogen and oxygen atoms in total. The predicted octanol–water partition coefficient (Wildman–Crippen LogP) is 7.49. The van der Waals surface area contributed by atoms with Crippen molar-refractivity contribution in [2.24, 2.45) is 0 Å². The number of aryl methyl sites for hydroxylation is 2. The lowest BCUT2D eigenvalue weighted by atomic mass is 9.85. The molecule has 4 aromatic rings. The van der Waals surface area contributed by atoms with Crippen molar-refractivity contribution in [1.29, 1.82) is 0 Å². The van der Waals surface area contributed by atoms with E-state index in [9.17, 15) is 32.7 Å². The van der Waals surface area contributed by atoms with Crippen LogP contribution in [0.3, 0.4) is 0 Å². The van der Waals surface area contributed by atoms with Crippen LogP contribution in [-0.4, -0.2) is 89.1 Å². The molecule has 3 aromatic carbocycles. The molecule has 15 heteroatoms. The van der Waals surface area contributed by atoms with Crippen molar-refractivity contribution in [3.63, 3.8) is 0 Å². The number of aromatic nitrogens is 2. The first kappa shape index (κ1) is 43.8. The number of ether oxygens (including phenoxy) is 2. The summed E-state index contributed by atoms with van der Waals surface area (Å²) in [5.74, 6) is -2.58. The fourth-order valence-electron chi connectivity index (χ4n) is 9.19. The van der Waals surface area contributed by atoms with Gasteiger partial charge in [-0.3, -0.25) is 19.7 Å². The number of alkyl halides is 2. The van der Waals surface area contributed by atoms with Crippen LogP contribution >= 0.6 is 0 Å². The van der Waals surface area contributed by atoms with E-state index in [0.717, 1.165) is 92.2 Å². The highest BCUT2D eigenvalue weighted by atomic mass is 19.3. The summed E-state index contributed by atoms with van der Waals surface area (Å²) in [7, 11) is 3.20. The lowest BCUT2D eigenvalue weighted by Gasteiger charge is -2.33. The maximum Gasteiger partial charge on any atom is 0.295 e. The molecule has 3 aliphatic rings. The molecular formula is C46H55F3N6O6. The summed E-state index contributed by atoms with van der Waals surface area (Å²) < 4.78 is 55.1. The van der Waals surface area contributed by atoms with E-state index in [2.05, 4.69) is 15.5 Å². The number of fused-ring (bicyclic) bond motifs is 2. The van der Waals surface area contributed by atoms with Gasteiger partial charge in [-0.25, -0.2) is 14.4 Å². The van der Waals surface area contributed by atoms with E-state index in [-0.39, 0.29) is 42.7 Å². The molecule has 0 spiro atoms. The van der Waals surface area contributed by atoms with Gasteiger partial charge in [-0.05, 0) is 119 Å². The van der Waals surface area contributed by atoms with Crippen LogP contribution in [0.2, 0.25) is 0 Å². The van der Waals surface area contributed by atoms with Gasteiger partial charge in [0, 0.05) is 41.1 Å². The van der Waals surface area contributed by atoms with Crippen molar-refractivity contribution in [3.8, 4) is 11.5 Å². The number of amides is 3. The number of likely N-dealkylation sites (tertiary alicyclic amines) is 1. The molecule has 0 radical (unpaired) electrons. The van der Waals surface area contributed by atoms with Gasteiger partial charge < -0.3 is 29.7 Å². The minimum absolute atomic E-state index is 0.120. The number of imide groups is 1. The van der Waals surface area contributed by atoms with Gasteiger partial charge in [0.05, 0.1) is 19.7 Å². The first-order valence-corrected chi connectivity index (χ1v) is 21.3. The number of unbranched alkanes of at least 4 members (excludes halogenated alkanes) is 4. The zero-order valence-electron chi connectivity index (χ0n) is 35.3. The van der Waals surface area contributed by atoms with Gasteiger partial charge in [-0.15, -0.1) is 0 Å². The summed E-state index contributed by atoms with van der Waals surface area (Å²) in [6.07, 6.45) is 7.95. The first-order valence-electron chi connectivity index (χ1n) is 21.3. The molecule has 0 saturated carbocycles. The molecule has 0 aliphatic carbocycles. The Kier molecular flexibility index (Phi) is 13.5. The molecule has 3 aliphatic heterocycles. The Balaban J connectivity index is 0.918. The highest BCUT2D eigenvalue weighted by molar-refractivity contribution is 6.05. The van der Waals surface area contributed by atoms with Gasteiger partial charge in [0.2, 0.25) is 11.8 Å². The number of halogens is 3. The molecule has 4 heterocycles. The molecule has 2 unspecified atom stereocenters. The number of anilines is 1. The number of rotatable bonds is 17. The zero-order valence-corrected chi connectivity index (χ0v) is 35.3. The molecule has 2 fully saturated rings. The van der Waals surface area contributed by atoms with Crippen LogP contribution in [0.4, 0.5) is 19.0 Å². The number of carbonyl (C=O) groups excluding carboxylic acids is 3. The Labute approximate surface area is 354 Å². The van der Waals surface area contributed by atoms with Crippen LogP contribution in [0.1, 0.15) is 121 Å². The van der Waals surface area contributed by atoms with Crippen molar-refractivity contribution < 1.29 is 42.1 Å². The highest BCUT2D eigenvalue weighted by Gasteiger charge is 2.41. The quantitative estimate of drug-likeness (QED) is 0.0723. The Morgan fingerprint density at radius 2 is 1.74 bits per heavy atom. The van der Waals surface area contributed by atoms with Crippen LogP contribution in [0, 0.1) is 12.7 Å². The summed E-state index contributed by atoms with van der Waals surface area (Å²) in [5, 5.41) is 15.7. The summed E-state index contributed by atoms with van der Waals surface area (Å²) in [6, 6.07) is 9.57. The molecule has 2 atom stereocenters. The second kappa shape index (κ2) is 18.8. The maximum absolute atomic E-state index is 14.9. The third-order valence-corrected chi connectivity index (χ3v) is 12.5. The number of hydrogen-bond donors (Lipinski definition) is 3. The minimum atomic E-state index is -3.35. The molecule has 7 rings (SSSR count). The van der Waals surface area contributed by atoms with Crippen LogP contribution < -0.4 is 20.1 Å². The van der Waals surface area contributed by atoms with Gasteiger partial charge in [-0.2, -0.15) is 8.78 Å². The summed E-state index contributed by atoms with van der Waals surface area (Å²) >= 11 is 0. The lowest BCUT2D eigenvalue weighted by molar-refractivity contribution is -0.136. The molecule has 0 bridgehead atoms. The van der Waals surface area contributed by atoms with Crippen molar-refractivity contribution in [2.45, 2.75) is 109 Å². The number of carbonyl (C=O) groups is 3. The number of aliphatic hydroxyl groups excluding tert-OH is 1. The molecule has 61 heavy (non-hydrogen) atoms. The smallest absolute Gasteiger partial charge is 0.295 e. The molecule has 1 aromatic heterocycles. The van der Waals surface area contributed by atoms with Crippen molar-refractivity contribution in [3.05, 3.63) is 87.5 Å². The zero-order chi connectivity index (χ0) is 43.4. The van der Waals surface area contributed by atoms with Gasteiger partial charge in [0.25, 0.3) is 11.8 Å². The number of hydrogen-bond acceptors (Lipinski definition) is 10. The van der Waals surface area contributed by atoms with Crippen molar-refractivity contribution in [2.75, 3.05) is 45.8 Å². The third kappa shape index (κ3) is 9.47. The maximum atomic E-state index is 14.9. The fraction of sp³-hybridized carbons (Fsp3) is 0.500. The van der Waals surface area contributed by atoms with Crippen molar-refractivity contribution >= 4 is 34.4 Å². The number of benzene rings is 3. The number of nitrogens with one attached hydrogen (secondary N) is 2. The lowest BCUT2D eigenvalue weighted by Crippen LogP contribution is -2.52. The average Bonchev–Trinajstić information content (AvgIpc) is 3.57. The van der Waals surface area contributed by atoms with Gasteiger partial charge in [0.1, 0.15) is 30.1 Å². The van der Waals surface area contributed by atoms with Crippen LogP contribution in [0.15, 0.2) is 42.5 Å². The summed E-state index contributed by atoms with van der Waals surface area (Å²) in [5.41, 5.74) is 4.01. The Morgan fingerprint density at radius 3 is 2.46 bits per heavy atom. The number of methoxy groups -OCH3 is 2. The Morgan fingerprint density at radius 1 is 0.984 bits per heavy atom. The van der Waals surface area contributed by atoms with Crippen LogP contribution in [0.5, 0.6) is 11.5 Å². The highest BCUT2D eigenvalue weighted by Crippen LogP contribution is 2.41. The summed E-state index contributed by atoms with van der Waals surface area (Å²) in [6.45, 7) is 5.39. The van der Waals surface area contributed by atoms with Crippen LogP contribution in [0.25, 0.3) is 10.9 Å². The van der Waals surface area contributed by atoms with E-state index >= 15 is 0 Å². The van der Waals surface area contributed by atoms with Crippen LogP contribution in [-0.2, 0) is 28.5 Å². The Hall–Kier alpha value is -5.28. The molecule has 326 valence electrons. The Bertz CT molecular complexity index is 2280. The fourth-order valence-corrected chi connectivity index (χ4v) is 9.19. The van der Waals surface area contributed by atoms with Gasteiger partial charge in [-0.1, -0.05) is 37.5 Å². The molecular weight excluding hydrogens is 790 g/mol. The monoisotopic (exact) mass is 844 g/mol. The van der Waals surface area contributed by atoms with E-state index in [1.54, 1.807) is 32.4 Å². The average molecular weight is 845 g/mol. The minimum Gasteiger partial charge on any atom is -0.493 e. The molecule has 3 amide bonds. The van der Waals surface area contributed by atoms with E-state index in [0.29, 0.717) is 40.7 Å². The predicted molar refractivity (Wildman–Crippen MR) is 224 cm³/mol. The molecule has 2 saturated heterocycles. The first-order chi connectivity index (χ1) is 29.3. The SMILES string of the molecule is COc1cc2c(NC(C)c3cccc(C(F)(F)CO)c3)nc(C)nc2c(CCCCCCCN2CCC(c3cc(F)cc4c3CN(C3CCC(=O)NC3=O)C4=O)CC2)c1OC. The summed E-state index contributed by atoms with van der Waals surface area (Å²) in [4.78, 5) is 51.1. The number of aliphatic hydroxyl groups is 1. The largest absolute Gasteiger partial charge is 0.493 e. The van der Waals surface area contributed by atoms with Gasteiger partial charge >= 0.3 is 0 Å². The van der Waals surface area contributed by atoms with E-state index in [4.69, 9.17) is 19.4 Å². The topological polar surface area (TPSA) is 146 Å². The molecule has 3 N–H and O–H groups in total. The number of nitrogens with zero attached hydrogens (tertiary/aromatic N) is 4. The number of piperidine rings is 2. The van der Waals surface area contributed by atoms with E-state index in [1.807, 2.05) is 19.9 Å². The van der Waals surface area contributed by atoms with Crippen molar-refractivity contribution in [1.82, 2.24) is 25.1 Å². The second-order valence-electron chi connectivity index (χ2n) is 16.5.